The van der Waals surface area contributed by atoms with Gasteiger partial charge in [-0.1, -0.05) is 41.4 Å². The molecule has 1 amide bonds. The van der Waals surface area contributed by atoms with Gasteiger partial charge in [0.15, 0.2) is 0 Å². The van der Waals surface area contributed by atoms with Crippen molar-refractivity contribution in [2.75, 3.05) is 5.32 Å². The molecule has 1 aromatic heterocycles. The van der Waals surface area contributed by atoms with E-state index in [2.05, 4.69) is 15.5 Å². The highest BCUT2D eigenvalue weighted by Crippen LogP contribution is 2.20. The maximum absolute atomic E-state index is 12.4. The first kappa shape index (κ1) is 16.3. The Morgan fingerprint density at radius 2 is 1.69 bits per heavy atom. The van der Waals surface area contributed by atoms with Crippen molar-refractivity contribution in [1.29, 1.82) is 0 Å². The molecule has 0 fully saturated rings. The van der Waals surface area contributed by atoms with Gasteiger partial charge in [0.2, 0.25) is 0 Å². The second-order valence-electron chi connectivity index (χ2n) is 5.96. The molecule has 0 saturated heterocycles. The molecule has 0 radical (unpaired) electrons. The fourth-order valence-electron chi connectivity index (χ4n) is 2.63. The monoisotopic (exact) mass is 362 g/mol. The van der Waals surface area contributed by atoms with Crippen molar-refractivity contribution in [3.63, 3.8) is 0 Å². The van der Waals surface area contributed by atoms with Crippen LogP contribution in [0, 0.1) is 6.92 Å². The Morgan fingerprint density at radius 1 is 0.962 bits per heavy atom. The summed E-state index contributed by atoms with van der Waals surface area (Å²) in [7, 11) is 0. The molecule has 1 N–H and O–H groups in total. The molecule has 3 aromatic carbocycles. The lowest BCUT2D eigenvalue weighted by Crippen LogP contribution is -2.12. The summed E-state index contributed by atoms with van der Waals surface area (Å²) in [5.74, 6) is -0.263. The normalized spacial score (nSPS) is 10.8. The first-order valence-electron chi connectivity index (χ1n) is 8.10. The third-order valence-electron chi connectivity index (χ3n) is 4.02. The van der Waals surface area contributed by atoms with Crippen molar-refractivity contribution in [2.45, 2.75) is 6.92 Å². The molecule has 6 heteroatoms. The van der Waals surface area contributed by atoms with Crippen LogP contribution < -0.4 is 5.32 Å². The molecule has 26 heavy (non-hydrogen) atoms. The van der Waals surface area contributed by atoms with Gasteiger partial charge >= 0.3 is 0 Å². The number of rotatable bonds is 3. The van der Waals surface area contributed by atoms with Crippen LogP contribution in [0.5, 0.6) is 0 Å². The van der Waals surface area contributed by atoms with Crippen LogP contribution in [0.2, 0.25) is 5.02 Å². The van der Waals surface area contributed by atoms with Crippen LogP contribution >= 0.6 is 11.6 Å². The Bertz CT molecular complexity index is 1100. The van der Waals surface area contributed by atoms with E-state index in [0.717, 1.165) is 11.2 Å². The summed E-state index contributed by atoms with van der Waals surface area (Å²) in [5, 5.41) is 12.2. The van der Waals surface area contributed by atoms with Crippen LogP contribution in [0.25, 0.3) is 16.7 Å². The summed E-state index contributed by atoms with van der Waals surface area (Å²) >= 11 is 6.08. The zero-order chi connectivity index (χ0) is 18.1. The number of aryl methyl sites for hydroxylation is 1. The number of hydrogen-bond acceptors (Lipinski definition) is 3. The van der Waals surface area contributed by atoms with Crippen molar-refractivity contribution in [3.8, 4) is 5.69 Å². The predicted octanol–water partition coefficient (Wildman–Crippen LogP) is 4.63. The number of carbonyl (C=O) groups excluding carboxylic acids is 1. The quantitative estimate of drug-likeness (QED) is 0.577. The largest absolute Gasteiger partial charge is 0.322 e. The first-order chi connectivity index (χ1) is 12.6. The van der Waals surface area contributed by atoms with Crippen LogP contribution in [0.15, 0.2) is 66.7 Å². The van der Waals surface area contributed by atoms with Crippen LogP contribution in [0.1, 0.15) is 15.9 Å². The van der Waals surface area contributed by atoms with E-state index >= 15 is 0 Å². The summed E-state index contributed by atoms with van der Waals surface area (Å²) in [4.78, 5) is 14.0. The average Bonchev–Trinajstić information content (AvgIpc) is 3.06. The SMILES string of the molecule is Cc1ccc(-n2nc3ccc(NC(=O)c4ccccc4Cl)cc3n2)cc1. The van der Waals surface area contributed by atoms with E-state index in [1.807, 2.05) is 37.3 Å². The summed E-state index contributed by atoms with van der Waals surface area (Å²) < 4.78 is 0. The molecular weight excluding hydrogens is 348 g/mol. The molecule has 0 aliphatic rings. The zero-order valence-electron chi connectivity index (χ0n) is 14.0. The summed E-state index contributed by atoms with van der Waals surface area (Å²) in [5.41, 5.74) is 4.57. The van der Waals surface area contributed by atoms with Crippen molar-refractivity contribution < 1.29 is 4.79 Å². The van der Waals surface area contributed by atoms with Crippen LogP contribution in [0.3, 0.4) is 0 Å². The standard InChI is InChI=1S/C20H15ClN4O/c1-13-6-9-15(10-7-13)25-23-18-11-8-14(12-19(18)24-25)22-20(26)16-4-2-3-5-17(16)21/h2-12H,1H3,(H,22,26). The van der Waals surface area contributed by atoms with E-state index in [0.29, 0.717) is 21.8 Å². The Balaban J connectivity index is 1.62. The molecule has 1 heterocycles. The van der Waals surface area contributed by atoms with E-state index in [9.17, 15) is 4.79 Å². The second kappa shape index (κ2) is 6.61. The Morgan fingerprint density at radius 3 is 2.46 bits per heavy atom. The number of anilines is 1. The molecule has 0 bridgehead atoms. The third-order valence-corrected chi connectivity index (χ3v) is 4.35. The fourth-order valence-corrected chi connectivity index (χ4v) is 2.85. The Hall–Kier alpha value is -3.18. The van der Waals surface area contributed by atoms with Crippen molar-refractivity contribution in [1.82, 2.24) is 15.0 Å². The number of fused-ring (bicyclic) bond motifs is 1. The smallest absolute Gasteiger partial charge is 0.257 e. The maximum Gasteiger partial charge on any atom is 0.257 e. The zero-order valence-corrected chi connectivity index (χ0v) is 14.7. The summed E-state index contributed by atoms with van der Waals surface area (Å²) in [6.45, 7) is 2.03. The van der Waals surface area contributed by atoms with Gasteiger partial charge < -0.3 is 5.32 Å². The number of aromatic nitrogens is 3. The Kier molecular flexibility index (Phi) is 4.14. The van der Waals surface area contributed by atoms with Gasteiger partial charge in [-0.25, -0.2) is 0 Å². The van der Waals surface area contributed by atoms with E-state index < -0.39 is 0 Å². The maximum atomic E-state index is 12.4. The average molecular weight is 363 g/mol. The highest BCUT2D eigenvalue weighted by atomic mass is 35.5. The van der Waals surface area contributed by atoms with Gasteiger partial charge in [-0.3, -0.25) is 4.79 Å². The summed E-state index contributed by atoms with van der Waals surface area (Å²) in [6, 6.07) is 20.3. The molecule has 0 aliphatic carbocycles. The highest BCUT2D eigenvalue weighted by molar-refractivity contribution is 6.34. The lowest BCUT2D eigenvalue weighted by molar-refractivity contribution is 0.102. The van der Waals surface area contributed by atoms with Crippen LogP contribution in [-0.4, -0.2) is 20.9 Å². The molecule has 4 rings (SSSR count). The van der Waals surface area contributed by atoms with Crippen molar-refractivity contribution in [3.05, 3.63) is 82.9 Å². The number of amides is 1. The lowest BCUT2D eigenvalue weighted by atomic mass is 10.2. The topological polar surface area (TPSA) is 59.8 Å². The molecule has 4 aromatic rings. The molecule has 0 saturated carbocycles. The summed E-state index contributed by atoms with van der Waals surface area (Å²) in [6.07, 6.45) is 0. The van der Waals surface area contributed by atoms with Gasteiger partial charge in [0.25, 0.3) is 5.91 Å². The molecule has 0 atom stereocenters. The predicted molar refractivity (Wildman–Crippen MR) is 103 cm³/mol. The van der Waals surface area contributed by atoms with Gasteiger partial charge in [0.1, 0.15) is 11.0 Å². The van der Waals surface area contributed by atoms with E-state index in [4.69, 9.17) is 11.6 Å². The van der Waals surface area contributed by atoms with Gasteiger partial charge in [0, 0.05) is 5.69 Å². The highest BCUT2D eigenvalue weighted by Gasteiger charge is 2.11. The molecule has 0 aliphatic heterocycles. The van der Waals surface area contributed by atoms with Crippen molar-refractivity contribution in [2.24, 2.45) is 0 Å². The molecular formula is C20H15ClN4O. The molecule has 128 valence electrons. The second-order valence-corrected chi connectivity index (χ2v) is 6.37. The number of nitrogens with one attached hydrogen (secondary N) is 1. The Labute approximate surface area is 155 Å². The van der Waals surface area contributed by atoms with E-state index in [1.165, 1.54) is 5.56 Å². The third kappa shape index (κ3) is 3.17. The van der Waals surface area contributed by atoms with Gasteiger partial charge in [0.05, 0.1) is 16.3 Å². The number of halogens is 1. The van der Waals surface area contributed by atoms with Gasteiger partial charge in [-0.05, 0) is 49.4 Å². The van der Waals surface area contributed by atoms with Crippen LogP contribution in [0.4, 0.5) is 5.69 Å². The number of hydrogen-bond donors (Lipinski definition) is 1. The van der Waals surface area contributed by atoms with Gasteiger partial charge in [-0.2, -0.15) is 4.80 Å². The number of carbonyl (C=O) groups is 1. The molecule has 0 unspecified atom stereocenters. The number of nitrogens with zero attached hydrogens (tertiary/aromatic N) is 3. The van der Waals surface area contributed by atoms with E-state index in [1.54, 1.807) is 41.2 Å². The minimum Gasteiger partial charge on any atom is -0.322 e. The van der Waals surface area contributed by atoms with Crippen molar-refractivity contribution >= 4 is 34.2 Å². The van der Waals surface area contributed by atoms with Crippen LogP contribution in [-0.2, 0) is 0 Å². The van der Waals surface area contributed by atoms with Gasteiger partial charge in [-0.15, -0.1) is 10.2 Å². The first-order valence-corrected chi connectivity index (χ1v) is 8.48. The molecule has 0 spiro atoms. The minimum absolute atomic E-state index is 0.263. The lowest BCUT2D eigenvalue weighted by Gasteiger charge is -2.06. The minimum atomic E-state index is -0.263. The molecule has 5 nitrogen and oxygen atoms in total. The van der Waals surface area contributed by atoms with E-state index in [-0.39, 0.29) is 5.91 Å². The fraction of sp³-hybridized carbons (Fsp3) is 0.0500. The number of benzene rings is 3.